The van der Waals surface area contributed by atoms with Crippen LogP contribution in [0, 0.1) is 5.82 Å². The molecule has 0 aliphatic rings. The quantitative estimate of drug-likeness (QED) is 0.234. The number of hydrogen-bond donors (Lipinski definition) is 2. The van der Waals surface area contributed by atoms with Crippen LogP contribution in [0.1, 0.15) is 11.1 Å². The zero-order valence-electron chi connectivity index (χ0n) is 22.7. The van der Waals surface area contributed by atoms with Crippen LogP contribution in [0.4, 0.5) is 10.1 Å². The number of anilines is 1. The Kier molecular flexibility index (Phi) is 10.2. The molecule has 0 aliphatic carbocycles. The summed E-state index contributed by atoms with van der Waals surface area (Å²) in [5.74, 6) is -0.994. The highest BCUT2D eigenvalue weighted by atomic mass is 35.5. The van der Waals surface area contributed by atoms with Gasteiger partial charge in [0.05, 0.1) is 4.90 Å². The number of likely N-dealkylation sites (N-methyl/N-ethyl adjacent to an activating group) is 1. The first-order chi connectivity index (χ1) is 20.1. The highest BCUT2D eigenvalue weighted by Crippen LogP contribution is 2.21. The molecule has 0 fully saturated rings. The fourth-order valence-corrected chi connectivity index (χ4v) is 5.37. The number of halogens is 2. The Hall–Kier alpha value is -4.41. The Morgan fingerprint density at radius 1 is 0.881 bits per heavy atom. The van der Waals surface area contributed by atoms with Gasteiger partial charge in [0.1, 0.15) is 17.6 Å². The van der Waals surface area contributed by atoms with Crippen molar-refractivity contribution in [2.24, 2.45) is 0 Å². The van der Waals surface area contributed by atoms with Crippen molar-refractivity contribution in [3.8, 4) is 5.75 Å². The highest BCUT2D eigenvalue weighted by molar-refractivity contribution is 7.92. The van der Waals surface area contributed by atoms with E-state index < -0.39 is 34.4 Å². The molecule has 0 bridgehead atoms. The number of carbonyl (C=O) groups excluding carboxylic acids is 2. The first-order valence-corrected chi connectivity index (χ1v) is 14.8. The van der Waals surface area contributed by atoms with Gasteiger partial charge in [0.2, 0.25) is 5.91 Å². The molecule has 2 N–H and O–H groups in total. The Labute approximate surface area is 249 Å². The van der Waals surface area contributed by atoms with Crippen LogP contribution in [-0.4, -0.2) is 44.8 Å². The van der Waals surface area contributed by atoms with Crippen molar-refractivity contribution in [1.29, 1.82) is 0 Å². The summed E-state index contributed by atoms with van der Waals surface area (Å²) >= 11 is 6.04. The molecule has 0 aromatic heterocycles. The molecule has 8 nitrogen and oxygen atoms in total. The van der Waals surface area contributed by atoms with E-state index in [1.807, 2.05) is 30.3 Å². The van der Waals surface area contributed by atoms with E-state index in [4.69, 9.17) is 16.3 Å². The van der Waals surface area contributed by atoms with E-state index in [9.17, 15) is 22.4 Å². The largest absolute Gasteiger partial charge is 0.484 e. The number of nitrogens with one attached hydrogen (secondary N) is 2. The standard InChI is InChI=1S/C31H29ClFN3O5S/c1-34-31(38)29(19-22-5-3-2-4-6-22)36(20-23-7-9-24(32)10-8-23)30(37)21-41-27-15-17-28(18-16-27)42(39,40)35-26-13-11-25(33)12-14-26/h2-18,29,35H,19-21H2,1H3,(H,34,38). The summed E-state index contributed by atoms with van der Waals surface area (Å²) in [7, 11) is -2.42. The van der Waals surface area contributed by atoms with Crippen molar-refractivity contribution in [1.82, 2.24) is 10.2 Å². The third-order valence-electron chi connectivity index (χ3n) is 6.38. The minimum atomic E-state index is -3.94. The molecule has 11 heteroatoms. The van der Waals surface area contributed by atoms with E-state index in [0.29, 0.717) is 5.02 Å². The van der Waals surface area contributed by atoms with Crippen molar-refractivity contribution in [2.75, 3.05) is 18.4 Å². The number of benzene rings is 4. The number of nitrogens with zero attached hydrogens (tertiary/aromatic N) is 1. The molecule has 0 saturated heterocycles. The van der Waals surface area contributed by atoms with E-state index in [-0.39, 0.29) is 35.2 Å². The second-order valence-corrected chi connectivity index (χ2v) is 11.5. The molecule has 4 rings (SSSR count). The van der Waals surface area contributed by atoms with Gasteiger partial charge in [0, 0.05) is 30.7 Å². The first-order valence-electron chi connectivity index (χ1n) is 13.0. The van der Waals surface area contributed by atoms with Crippen molar-refractivity contribution in [3.63, 3.8) is 0 Å². The van der Waals surface area contributed by atoms with Gasteiger partial charge in [-0.15, -0.1) is 0 Å². The molecular formula is C31H29ClFN3O5S. The summed E-state index contributed by atoms with van der Waals surface area (Å²) in [6, 6.07) is 26.0. The minimum absolute atomic E-state index is 0.0441. The van der Waals surface area contributed by atoms with E-state index in [1.165, 1.54) is 48.3 Å². The Morgan fingerprint density at radius 2 is 1.52 bits per heavy atom. The number of sulfonamides is 1. The monoisotopic (exact) mass is 609 g/mol. The molecular weight excluding hydrogens is 581 g/mol. The second kappa shape index (κ2) is 14.0. The summed E-state index contributed by atoms with van der Waals surface area (Å²) in [5.41, 5.74) is 1.87. The summed E-state index contributed by atoms with van der Waals surface area (Å²) < 4.78 is 46.7. The summed E-state index contributed by atoms with van der Waals surface area (Å²) in [5, 5.41) is 3.20. The maximum absolute atomic E-state index is 13.6. The van der Waals surface area contributed by atoms with Crippen molar-refractivity contribution < 1.29 is 27.1 Å². The molecule has 0 heterocycles. The van der Waals surface area contributed by atoms with Gasteiger partial charge in [-0.25, -0.2) is 12.8 Å². The summed E-state index contributed by atoms with van der Waals surface area (Å²) in [6.07, 6.45) is 0.285. The lowest BCUT2D eigenvalue weighted by atomic mass is 10.0. The maximum Gasteiger partial charge on any atom is 0.261 e. The molecule has 4 aromatic carbocycles. The van der Waals surface area contributed by atoms with Crippen LogP contribution in [0.25, 0.3) is 0 Å². The zero-order chi connectivity index (χ0) is 30.1. The Balaban J connectivity index is 1.50. The highest BCUT2D eigenvalue weighted by Gasteiger charge is 2.30. The minimum Gasteiger partial charge on any atom is -0.484 e. The van der Waals surface area contributed by atoms with Crippen LogP contribution in [0.15, 0.2) is 108 Å². The number of carbonyl (C=O) groups is 2. The fourth-order valence-electron chi connectivity index (χ4n) is 4.18. The van der Waals surface area contributed by atoms with Crippen LogP contribution in [-0.2, 0) is 32.6 Å². The van der Waals surface area contributed by atoms with Gasteiger partial charge in [-0.2, -0.15) is 0 Å². The van der Waals surface area contributed by atoms with E-state index in [0.717, 1.165) is 23.3 Å². The molecule has 0 radical (unpaired) electrons. The van der Waals surface area contributed by atoms with Crippen LogP contribution < -0.4 is 14.8 Å². The van der Waals surface area contributed by atoms with Crippen LogP contribution in [0.3, 0.4) is 0 Å². The Morgan fingerprint density at radius 3 is 2.14 bits per heavy atom. The van der Waals surface area contributed by atoms with Crippen LogP contribution >= 0.6 is 11.6 Å². The molecule has 0 aliphatic heterocycles. The SMILES string of the molecule is CNC(=O)C(Cc1ccccc1)N(Cc1ccc(Cl)cc1)C(=O)COc1ccc(S(=O)(=O)Nc2ccc(F)cc2)cc1. The predicted octanol–water partition coefficient (Wildman–Crippen LogP) is 5.04. The molecule has 2 amide bonds. The topological polar surface area (TPSA) is 105 Å². The molecule has 1 unspecified atom stereocenters. The summed E-state index contributed by atoms with van der Waals surface area (Å²) in [6.45, 7) is -0.258. The average molecular weight is 610 g/mol. The van der Waals surface area contributed by atoms with Gasteiger partial charge in [-0.1, -0.05) is 54.1 Å². The molecule has 0 saturated carbocycles. The van der Waals surface area contributed by atoms with E-state index in [2.05, 4.69) is 10.0 Å². The molecule has 218 valence electrons. The molecule has 1 atom stereocenters. The maximum atomic E-state index is 13.6. The Bertz CT molecular complexity index is 1600. The van der Waals surface area contributed by atoms with Gasteiger partial charge in [0.25, 0.3) is 15.9 Å². The molecule has 4 aromatic rings. The molecule has 42 heavy (non-hydrogen) atoms. The first kappa shape index (κ1) is 30.5. The number of rotatable bonds is 12. The third kappa shape index (κ3) is 8.31. The third-order valence-corrected chi connectivity index (χ3v) is 8.03. The average Bonchev–Trinajstić information content (AvgIpc) is 3.00. The lowest BCUT2D eigenvalue weighted by Crippen LogP contribution is -2.51. The fraction of sp³-hybridized carbons (Fsp3) is 0.161. The van der Waals surface area contributed by atoms with E-state index in [1.54, 1.807) is 24.3 Å². The van der Waals surface area contributed by atoms with Crippen molar-refractivity contribution >= 4 is 39.1 Å². The predicted molar refractivity (Wildman–Crippen MR) is 159 cm³/mol. The normalized spacial score (nSPS) is 11.8. The van der Waals surface area contributed by atoms with Gasteiger partial charge >= 0.3 is 0 Å². The lowest BCUT2D eigenvalue weighted by molar-refractivity contribution is -0.142. The van der Waals surface area contributed by atoms with Gasteiger partial charge in [0.15, 0.2) is 6.61 Å². The van der Waals surface area contributed by atoms with Crippen molar-refractivity contribution in [2.45, 2.75) is 23.9 Å². The smallest absolute Gasteiger partial charge is 0.261 e. The summed E-state index contributed by atoms with van der Waals surface area (Å²) in [4.78, 5) is 28.0. The van der Waals surface area contributed by atoms with Crippen LogP contribution in [0.2, 0.25) is 5.02 Å². The van der Waals surface area contributed by atoms with Crippen LogP contribution in [0.5, 0.6) is 5.75 Å². The zero-order valence-corrected chi connectivity index (χ0v) is 24.2. The van der Waals surface area contributed by atoms with Gasteiger partial charge in [-0.05, 0) is 71.8 Å². The lowest BCUT2D eigenvalue weighted by Gasteiger charge is -2.31. The molecule has 0 spiro atoms. The number of amides is 2. The van der Waals surface area contributed by atoms with Gasteiger partial charge < -0.3 is 15.0 Å². The second-order valence-electron chi connectivity index (χ2n) is 9.34. The van der Waals surface area contributed by atoms with E-state index >= 15 is 0 Å². The number of ether oxygens (including phenoxy) is 1. The van der Waals surface area contributed by atoms with Gasteiger partial charge in [-0.3, -0.25) is 14.3 Å². The van der Waals surface area contributed by atoms with Crippen molar-refractivity contribution in [3.05, 3.63) is 125 Å². The number of hydrogen-bond acceptors (Lipinski definition) is 5.